The van der Waals surface area contributed by atoms with Crippen molar-refractivity contribution in [2.24, 2.45) is 0 Å². The largest absolute Gasteiger partial charge is 0.490 e. The number of aliphatic carboxylic acids is 2. The molecule has 2 atom stereocenters. The zero-order valence-electron chi connectivity index (χ0n) is 19.6. The first-order chi connectivity index (χ1) is 17.2. The summed E-state index contributed by atoms with van der Waals surface area (Å²) < 4.78 is 63.5. The third-order valence-corrected chi connectivity index (χ3v) is 6.21. The van der Waals surface area contributed by atoms with Crippen LogP contribution in [0.15, 0.2) is 24.4 Å². The summed E-state index contributed by atoms with van der Waals surface area (Å²) in [5.41, 5.74) is 1.13. The van der Waals surface area contributed by atoms with Crippen LogP contribution in [0.5, 0.6) is 0 Å². The molecule has 2 saturated heterocycles. The van der Waals surface area contributed by atoms with E-state index >= 15 is 0 Å². The predicted molar refractivity (Wildman–Crippen MR) is 116 cm³/mol. The Morgan fingerprint density at radius 1 is 0.892 bits per heavy atom. The summed E-state index contributed by atoms with van der Waals surface area (Å²) in [6.45, 7) is 2.87. The molecule has 208 valence electrons. The maximum atomic E-state index is 12.6. The summed E-state index contributed by atoms with van der Waals surface area (Å²) in [6, 6.07) is 7.57. The number of likely N-dealkylation sites (tertiary alicyclic amines) is 2. The van der Waals surface area contributed by atoms with Crippen molar-refractivity contribution in [3.8, 4) is 0 Å². The fraction of sp³-hybridized carbons (Fsp3) is 0.636. The lowest BCUT2D eigenvalue weighted by molar-refractivity contribution is -0.193. The van der Waals surface area contributed by atoms with Gasteiger partial charge in [-0.1, -0.05) is 18.9 Å². The van der Waals surface area contributed by atoms with Gasteiger partial charge in [0.25, 0.3) is 0 Å². The number of fused-ring (bicyclic) bond motifs is 1. The van der Waals surface area contributed by atoms with Crippen molar-refractivity contribution >= 4 is 18.0 Å². The Morgan fingerprint density at radius 2 is 1.43 bits per heavy atom. The molecule has 15 heteroatoms. The van der Waals surface area contributed by atoms with Crippen LogP contribution in [-0.2, 0) is 16.1 Å². The minimum atomic E-state index is -5.08. The number of alkyl halides is 6. The highest BCUT2D eigenvalue weighted by molar-refractivity contribution is 5.75. The molecule has 1 saturated carbocycles. The lowest BCUT2D eigenvalue weighted by Gasteiger charge is -2.27. The maximum absolute atomic E-state index is 12.6. The molecule has 1 aromatic heterocycles. The van der Waals surface area contributed by atoms with E-state index in [1.54, 1.807) is 0 Å². The number of urea groups is 1. The number of amides is 2. The Balaban J connectivity index is 0.000000286. The average molecular weight is 542 g/mol. The number of nitrogens with one attached hydrogen (secondary N) is 1. The zero-order chi connectivity index (χ0) is 27.8. The van der Waals surface area contributed by atoms with E-state index in [1.165, 1.54) is 12.8 Å². The molecule has 9 nitrogen and oxygen atoms in total. The Labute approximate surface area is 208 Å². The van der Waals surface area contributed by atoms with Crippen LogP contribution in [0.3, 0.4) is 0 Å². The second kappa shape index (κ2) is 12.9. The van der Waals surface area contributed by atoms with E-state index in [0.29, 0.717) is 18.1 Å². The number of carbonyl (C=O) groups excluding carboxylic acids is 1. The van der Waals surface area contributed by atoms with E-state index in [-0.39, 0.29) is 6.03 Å². The van der Waals surface area contributed by atoms with Crippen LogP contribution in [0.1, 0.15) is 44.2 Å². The van der Waals surface area contributed by atoms with Gasteiger partial charge in [0.2, 0.25) is 0 Å². The third-order valence-electron chi connectivity index (χ3n) is 6.21. The number of carbonyl (C=O) groups is 3. The van der Waals surface area contributed by atoms with Crippen molar-refractivity contribution in [3.63, 3.8) is 0 Å². The van der Waals surface area contributed by atoms with Crippen LogP contribution in [0.4, 0.5) is 31.1 Å². The number of carboxylic acid groups (broad SMARTS) is 2. The summed E-state index contributed by atoms with van der Waals surface area (Å²) in [5, 5.41) is 17.5. The van der Waals surface area contributed by atoms with Crippen LogP contribution in [0.25, 0.3) is 0 Å². The molecule has 3 N–H and O–H groups in total. The van der Waals surface area contributed by atoms with Crippen molar-refractivity contribution in [1.82, 2.24) is 20.1 Å². The average Bonchev–Trinajstić information content (AvgIpc) is 3.53. The van der Waals surface area contributed by atoms with Gasteiger partial charge in [-0.3, -0.25) is 9.88 Å². The van der Waals surface area contributed by atoms with Crippen molar-refractivity contribution in [1.29, 1.82) is 0 Å². The molecule has 0 aromatic carbocycles. The molecule has 0 bridgehead atoms. The number of aromatic nitrogens is 1. The van der Waals surface area contributed by atoms with Gasteiger partial charge in [-0.2, -0.15) is 26.3 Å². The standard InChI is InChI=1S/C18H26N4O.2C2HF3O2/c23-18(20-14-5-1-2-6-14)22-12-9-16-17(22)8-11-21(16)13-15-7-3-4-10-19-15;2*3-2(4,5)1(6)7/h3-4,7,10,14,16-17H,1-2,5-6,8-9,11-13H2,(H,20,23);2*(H,6,7)/t16-,17+;;/m0../s1. The molecule has 1 aromatic rings. The Bertz CT molecular complexity index is 885. The Hall–Kier alpha value is -3.10. The molecule has 4 rings (SSSR count). The van der Waals surface area contributed by atoms with Crippen molar-refractivity contribution in [3.05, 3.63) is 30.1 Å². The van der Waals surface area contributed by atoms with Gasteiger partial charge in [0, 0.05) is 37.9 Å². The molecule has 3 aliphatic rings. The number of carboxylic acids is 2. The fourth-order valence-electron chi connectivity index (χ4n) is 4.55. The van der Waals surface area contributed by atoms with Gasteiger partial charge in [0.1, 0.15) is 0 Å². The van der Waals surface area contributed by atoms with Crippen LogP contribution in [0, 0.1) is 0 Å². The second-order valence-electron chi connectivity index (χ2n) is 8.73. The molecule has 3 fully saturated rings. The van der Waals surface area contributed by atoms with Gasteiger partial charge in [-0.05, 0) is 37.8 Å². The smallest absolute Gasteiger partial charge is 0.475 e. The normalized spacial score (nSPS) is 21.8. The maximum Gasteiger partial charge on any atom is 0.490 e. The highest BCUT2D eigenvalue weighted by atomic mass is 19.4. The van der Waals surface area contributed by atoms with Crippen molar-refractivity contribution in [2.45, 2.75) is 75.5 Å². The molecule has 1 aliphatic carbocycles. The highest BCUT2D eigenvalue weighted by Crippen LogP contribution is 2.32. The lowest BCUT2D eigenvalue weighted by Crippen LogP contribution is -2.47. The SMILES string of the molecule is O=C(NC1CCCC1)N1CC[C@H]2[C@H]1CCN2Cc1ccccn1.O=C(O)C(F)(F)F.O=C(O)C(F)(F)F. The van der Waals surface area contributed by atoms with E-state index in [0.717, 1.165) is 51.0 Å². The highest BCUT2D eigenvalue weighted by Gasteiger charge is 2.44. The molecule has 0 unspecified atom stereocenters. The van der Waals surface area contributed by atoms with Crippen LogP contribution >= 0.6 is 0 Å². The van der Waals surface area contributed by atoms with Crippen molar-refractivity contribution < 1.29 is 50.9 Å². The lowest BCUT2D eigenvalue weighted by atomic mass is 10.1. The van der Waals surface area contributed by atoms with Crippen molar-refractivity contribution in [2.75, 3.05) is 13.1 Å². The first-order valence-electron chi connectivity index (χ1n) is 11.5. The molecule has 2 aliphatic heterocycles. The first kappa shape index (κ1) is 30.1. The van der Waals surface area contributed by atoms with Crippen LogP contribution < -0.4 is 5.32 Å². The Morgan fingerprint density at radius 3 is 1.92 bits per heavy atom. The van der Waals surface area contributed by atoms with Gasteiger partial charge < -0.3 is 20.4 Å². The summed E-state index contributed by atoms with van der Waals surface area (Å²) in [4.78, 5) is 39.4. The number of pyridine rings is 1. The summed E-state index contributed by atoms with van der Waals surface area (Å²) in [5.74, 6) is -5.51. The van der Waals surface area contributed by atoms with Gasteiger partial charge in [0.15, 0.2) is 0 Å². The monoisotopic (exact) mass is 542 g/mol. The minimum Gasteiger partial charge on any atom is -0.475 e. The van der Waals surface area contributed by atoms with E-state index in [9.17, 15) is 31.1 Å². The van der Waals surface area contributed by atoms with E-state index < -0.39 is 24.3 Å². The molecule has 37 heavy (non-hydrogen) atoms. The second-order valence-corrected chi connectivity index (χ2v) is 8.73. The molecule has 2 amide bonds. The van der Waals surface area contributed by atoms with E-state index in [4.69, 9.17) is 19.8 Å². The van der Waals surface area contributed by atoms with Gasteiger partial charge in [0.05, 0.1) is 11.7 Å². The molecular formula is C22H28F6N4O5. The van der Waals surface area contributed by atoms with E-state index in [1.807, 2.05) is 18.3 Å². The van der Waals surface area contributed by atoms with Gasteiger partial charge in [-0.15, -0.1) is 0 Å². The van der Waals surface area contributed by atoms with E-state index in [2.05, 4.69) is 26.2 Å². The quantitative estimate of drug-likeness (QED) is 0.499. The first-order valence-corrected chi connectivity index (χ1v) is 11.5. The molecule has 3 heterocycles. The summed E-state index contributed by atoms with van der Waals surface area (Å²) in [6.07, 6.45) is -1.30. The summed E-state index contributed by atoms with van der Waals surface area (Å²) >= 11 is 0. The zero-order valence-corrected chi connectivity index (χ0v) is 19.6. The minimum absolute atomic E-state index is 0.170. The fourth-order valence-corrected chi connectivity index (χ4v) is 4.55. The number of halogens is 6. The summed E-state index contributed by atoms with van der Waals surface area (Å²) in [7, 11) is 0. The molecule has 0 radical (unpaired) electrons. The van der Waals surface area contributed by atoms with Gasteiger partial charge >= 0.3 is 30.3 Å². The third kappa shape index (κ3) is 9.37. The molecule has 0 spiro atoms. The Kier molecular flexibility index (Phi) is 10.5. The van der Waals surface area contributed by atoms with Crippen LogP contribution in [-0.4, -0.2) is 86.5 Å². The molecular weight excluding hydrogens is 514 g/mol. The number of hydrogen-bond acceptors (Lipinski definition) is 5. The topological polar surface area (TPSA) is 123 Å². The van der Waals surface area contributed by atoms with Gasteiger partial charge in [-0.25, -0.2) is 14.4 Å². The number of nitrogens with zero attached hydrogens (tertiary/aromatic N) is 3. The predicted octanol–water partition coefficient (Wildman–Crippen LogP) is 3.65. The number of hydrogen-bond donors (Lipinski definition) is 3. The van der Waals surface area contributed by atoms with Crippen LogP contribution in [0.2, 0.25) is 0 Å². The number of rotatable bonds is 3.